The molecule has 0 radical (unpaired) electrons. The normalized spacial score (nSPS) is 12.8. The van der Waals surface area contributed by atoms with Crippen molar-refractivity contribution in [1.29, 1.82) is 0 Å². The molecule has 0 fully saturated rings. The van der Waals surface area contributed by atoms with Crippen LogP contribution in [0.15, 0.2) is 115 Å². The summed E-state index contributed by atoms with van der Waals surface area (Å²) < 4.78 is 10.3. The van der Waals surface area contributed by atoms with Crippen LogP contribution in [-0.4, -0.2) is 25.2 Å². The maximum atomic E-state index is 12.6. The number of ether oxygens (including phenoxy) is 2. The van der Waals surface area contributed by atoms with Crippen molar-refractivity contribution in [3.63, 3.8) is 0 Å². The lowest BCUT2D eigenvalue weighted by atomic mass is 9.68. The molecule has 0 saturated heterocycles. The van der Waals surface area contributed by atoms with Gasteiger partial charge in [0.25, 0.3) is 0 Å². The largest absolute Gasteiger partial charge is 0.459 e. The fraction of sp³-hybridized carbons (Fsp3) is 0.152. The van der Waals surface area contributed by atoms with Crippen molar-refractivity contribution in [3.05, 3.63) is 143 Å². The molecule has 5 rings (SSSR count). The first-order chi connectivity index (χ1) is 18.0. The number of esters is 2. The molecule has 0 aromatic heterocycles. The monoisotopic (exact) mass is 488 g/mol. The second-order valence-corrected chi connectivity index (χ2v) is 9.29. The summed E-state index contributed by atoms with van der Waals surface area (Å²) in [4.78, 5) is 24.1. The second-order valence-electron chi connectivity index (χ2n) is 9.29. The van der Waals surface area contributed by atoms with E-state index in [1.807, 2.05) is 30.3 Å². The highest BCUT2D eigenvalue weighted by Crippen LogP contribution is 2.54. The van der Waals surface area contributed by atoms with Gasteiger partial charge in [-0.1, -0.05) is 97.6 Å². The van der Waals surface area contributed by atoms with Gasteiger partial charge >= 0.3 is 11.9 Å². The summed E-state index contributed by atoms with van der Waals surface area (Å²) in [5.74, 6) is -0.955. The van der Waals surface area contributed by atoms with Crippen LogP contribution in [0.2, 0.25) is 0 Å². The van der Waals surface area contributed by atoms with Crippen LogP contribution in [0.5, 0.6) is 0 Å². The topological polar surface area (TPSA) is 52.6 Å². The number of fused-ring (bicyclic) bond motifs is 3. The number of hydrogen-bond acceptors (Lipinski definition) is 4. The van der Waals surface area contributed by atoms with Crippen LogP contribution < -0.4 is 0 Å². The zero-order chi connectivity index (χ0) is 25.8. The minimum absolute atomic E-state index is 0.0106. The lowest BCUT2D eigenvalue weighted by molar-refractivity contribution is -0.140. The van der Waals surface area contributed by atoms with E-state index in [1.165, 1.54) is 27.8 Å². The number of benzene rings is 4. The van der Waals surface area contributed by atoms with Gasteiger partial charge in [0.05, 0.1) is 11.0 Å². The molecule has 0 saturated carbocycles. The molecule has 0 atom stereocenters. The Morgan fingerprint density at radius 2 is 1.24 bits per heavy atom. The van der Waals surface area contributed by atoms with Crippen molar-refractivity contribution < 1.29 is 19.1 Å². The number of rotatable bonds is 8. The quantitative estimate of drug-likeness (QED) is 0.161. The van der Waals surface area contributed by atoms with E-state index in [2.05, 4.69) is 79.4 Å². The Labute approximate surface area is 217 Å². The van der Waals surface area contributed by atoms with Gasteiger partial charge in [-0.3, -0.25) is 0 Å². The molecule has 37 heavy (non-hydrogen) atoms. The molecule has 0 unspecified atom stereocenters. The molecule has 0 heterocycles. The van der Waals surface area contributed by atoms with E-state index in [9.17, 15) is 9.59 Å². The van der Waals surface area contributed by atoms with Gasteiger partial charge in [0, 0.05) is 5.57 Å². The van der Waals surface area contributed by atoms with Crippen molar-refractivity contribution in [2.45, 2.75) is 18.8 Å². The number of carbonyl (C=O) groups is 2. The summed E-state index contributed by atoms with van der Waals surface area (Å²) in [5.41, 5.74) is 7.70. The second kappa shape index (κ2) is 10.3. The molecule has 4 heteroatoms. The summed E-state index contributed by atoms with van der Waals surface area (Å²) in [7, 11) is 0. The van der Waals surface area contributed by atoms with E-state index >= 15 is 0 Å². The van der Waals surface area contributed by atoms with E-state index in [0.717, 1.165) is 12.0 Å². The molecular formula is C33H28O4. The Morgan fingerprint density at radius 1 is 0.703 bits per heavy atom. The van der Waals surface area contributed by atoms with E-state index in [4.69, 9.17) is 9.47 Å². The summed E-state index contributed by atoms with van der Waals surface area (Å²) in [6.45, 7) is 5.08. The Hall–Kier alpha value is -4.44. The first-order valence-electron chi connectivity index (χ1n) is 12.3. The van der Waals surface area contributed by atoms with Crippen LogP contribution in [0.25, 0.3) is 11.1 Å². The number of hydrogen-bond donors (Lipinski definition) is 0. The van der Waals surface area contributed by atoms with Gasteiger partial charge in [-0.25, -0.2) is 9.59 Å². The van der Waals surface area contributed by atoms with Crippen LogP contribution in [0, 0.1) is 0 Å². The fourth-order valence-electron chi connectivity index (χ4n) is 5.20. The molecule has 0 N–H and O–H groups in total. The fourth-order valence-corrected chi connectivity index (χ4v) is 5.20. The molecule has 4 nitrogen and oxygen atoms in total. The highest BCUT2D eigenvalue weighted by molar-refractivity contribution is 5.90. The maximum Gasteiger partial charge on any atom is 0.338 e. The molecule has 0 amide bonds. The van der Waals surface area contributed by atoms with Gasteiger partial charge in [-0.05, 0) is 58.9 Å². The maximum absolute atomic E-state index is 12.6. The van der Waals surface area contributed by atoms with E-state index < -0.39 is 17.4 Å². The first-order valence-corrected chi connectivity index (χ1v) is 12.3. The van der Waals surface area contributed by atoms with Crippen molar-refractivity contribution in [2.24, 2.45) is 0 Å². The summed E-state index contributed by atoms with van der Waals surface area (Å²) >= 11 is 0. The third-order valence-corrected chi connectivity index (χ3v) is 6.89. The van der Waals surface area contributed by atoms with Crippen LogP contribution in [0.3, 0.4) is 0 Å². The van der Waals surface area contributed by atoms with Crippen LogP contribution in [-0.2, 0) is 26.1 Å². The van der Waals surface area contributed by atoms with Gasteiger partial charge in [-0.15, -0.1) is 0 Å². The highest BCUT2D eigenvalue weighted by Gasteiger charge is 2.44. The van der Waals surface area contributed by atoms with Gasteiger partial charge in [-0.2, -0.15) is 0 Å². The van der Waals surface area contributed by atoms with Crippen molar-refractivity contribution >= 4 is 11.9 Å². The molecule has 1 aliphatic carbocycles. The lowest BCUT2D eigenvalue weighted by Gasteiger charge is -2.33. The van der Waals surface area contributed by atoms with Crippen molar-refractivity contribution in [1.82, 2.24) is 0 Å². The van der Waals surface area contributed by atoms with Gasteiger partial charge < -0.3 is 9.47 Å². The van der Waals surface area contributed by atoms with Crippen molar-refractivity contribution in [2.75, 3.05) is 13.2 Å². The molecular weight excluding hydrogens is 460 g/mol. The zero-order valence-corrected chi connectivity index (χ0v) is 20.8. The van der Waals surface area contributed by atoms with Crippen LogP contribution >= 0.6 is 0 Å². The molecule has 4 aromatic rings. The Kier molecular flexibility index (Phi) is 6.74. The summed E-state index contributed by atoms with van der Waals surface area (Å²) in [5, 5.41) is 0. The number of carbonyl (C=O) groups excluding carboxylic acids is 2. The van der Waals surface area contributed by atoms with Gasteiger partial charge in [0.1, 0.15) is 13.2 Å². The van der Waals surface area contributed by atoms with Gasteiger partial charge in [0.15, 0.2) is 0 Å². The highest BCUT2D eigenvalue weighted by atomic mass is 16.6. The Balaban J connectivity index is 1.48. The minimum atomic E-state index is -0.499. The Bertz CT molecular complexity index is 1410. The van der Waals surface area contributed by atoms with E-state index in [0.29, 0.717) is 11.1 Å². The average molecular weight is 489 g/mol. The summed E-state index contributed by atoms with van der Waals surface area (Å²) in [6, 6.07) is 35.4. The van der Waals surface area contributed by atoms with E-state index in [1.54, 1.807) is 6.92 Å². The molecule has 0 spiro atoms. The summed E-state index contributed by atoms with van der Waals surface area (Å²) in [6.07, 6.45) is 0.791. The van der Waals surface area contributed by atoms with Crippen LogP contribution in [0.4, 0.5) is 0 Å². The predicted molar refractivity (Wildman–Crippen MR) is 144 cm³/mol. The van der Waals surface area contributed by atoms with E-state index in [-0.39, 0.29) is 13.2 Å². The predicted octanol–water partition coefficient (Wildman–Crippen LogP) is 6.52. The molecule has 1 aliphatic rings. The standard InChI is InChI=1S/C33H28O4/c1-23(2)31(34)36-20-21-37-32(35)25-16-18-26(19-17-25)33(22-24-10-4-3-5-11-24)29-14-8-6-12-27(29)28-13-7-9-15-30(28)33/h3-19H,1,20-22H2,2H3. The van der Waals surface area contributed by atoms with Crippen LogP contribution in [0.1, 0.15) is 39.5 Å². The Morgan fingerprint density at radius 3 is 1.84 bits per heavy atom. The SMILES string of the molecule is C=C(C)C(=O)OCCOC(=O)c1ccc(C2(Cc3ccccc3)c3ccccc3-c3ccccc32)cc1. The lowest BCUT2D eigenvalue weighted by Crippen LogP contribution is -2.30. The smallest absolute Gasteiger partial charge is 0.338 e. The molecule has 0 aliphatic heterocycles. The molecule has 4 aromatic carbocycles. The third-order valence-electron chi connectivity index (χ3n) is 6.89. The minimum Gasteiger partial charge on any atom is -0.459 e. The average Bonchev–Trinajstić information content (AvgIpc) is 3.22. The molecule has 0 bridgehead atoms. The zero-order valence-electron chi connectivity index (χ0n) is 20.8. The molecule has 184 valence electrons. The van der Waals surface area contributed by atoms with Gasteiger partial charge in [0.2, 0.25) is 0 Å². The van der Waals surface area contributed by atoms with Crippen molar-refractivity contribution in [3.8, 4) is 11.1 Å². The third kappa shape index (κ3) is 4.58. The first kappa shape index (κ1) is 24.3.